The summed E-state index contributed by atoms with van der Waals surface area (Å²) in [6, 6.07) is 3.52. The van der Waals surface area contributed by atoms with Gasteiger partial charge in [0.05, 0.1) is 5.69 Å². The minimum Gasteiger partial charge on any atom is -0.396 e. The van der Waals surface area contributed by atoms with Crippen molar-refractivity contribution in [3.8, 4) is 0 Å². The molecule has 0 saturated heterocycles. The Bertz CT molecular complexity index is 690. The second-order valence-electron chi connectivity index (χ2n) is 4.84. The number of halogens is 3. The Morgan fingerprint density at radius 2 is 1.96 bits per heavy atom. The lowest BCUT2D eigenvalue weighted by atomic mass is 10.2. The summed E-state index contributed by atoms with van der Waals surface area (Å²) >= 11 is 5.80. The van der Waals surface area contributed by atoms with E-state index in [-0.39, 0.29) is 42.1 Å². The maximum atomic E-state index is 13.7. The first-order chi connectivity index (χ1) is 11.5. The number of hydrogen-bond acceptors (Lipinski definition) is 7. The SMILES string of the molecule is CNc1nc(Cl)nc(NC(CCO)CNc2cccc(F)c2F)n1. The van der Waals surface area contributed by atoms with Crippen molar-refractivity contribution < 1.29 is 13.9 Å². The van der Waals surface area contributed by atoms with E-state index in [0.29, 0.717) is 6.42 Å². The summed E-state index contributed by atoms with van der Waals surface area (Å²) < 4.78 is 26.9. The van der Waals surface area contributed by atoms with Crippen LogP contribution in [-0.4, -0.2) is 46.3 Å². The van der Waals surface area contributed by atoms with Crippen molar-refractivity contribution >= 4 is 29.2 Å². The molecule has 0 saturated carbocycles. The molecule has 1 aromatic heterocycles. The number of nitrogens with one attached hydrogen (secondary N) is 3. The summed E-state index contributed by atoms with van der Waals surface area (Å²) in [5.41, 5.74) is 0.0318. The second kappa shape index (κ2) is 8.55. The largest absolute Gasteiger partial charge is 0.396 e. The predicted molar refractivity (Wildman–Crippen MR) is 88.3 cm³/mol. The van der Waals surface area contributed by atoms with E-state index in [4.69, 9.17) is 11.6 Å². The molecule has 130 valence electrons. The van der Waals surface area contributed by atoms with Gasteiger partial charge in [-0.1, -0.05) is 6.07 Å². The molecule has 0 radical (unpaired) electrons. The molecule has 0 fully saturated rings. The number of nitrogens with zero attached hydrogens (tertiary/aromatic N) is 3. The van der Waals surface area contributed by atoms with E-state index in [1.165, 1.54) is 12.1 Å². The fraction of sp³-hybridized carbons (Fsp3) is 0.357. The van der Waals surface area contributed by atoms with Crippen LogP contribution in [0.25, 0.3) is 0 Å². The van der Waals surface area contributed by atoms with E-state index in [1.807, 2.05) is 0 Å². The van der Waals surface area contributed by atoms with Crippen LogP contribution in [0.15, 0.2) is 18.2 Å². The minimum absolute atomic E-state index is 0.00346. The van der Waals surface area contributed by atoms with Gasteiger partial charge in [-0.05, 0) is 30.2 Å². The molecule has 0 aliphatic rings. The van der Waals surface area contributed by atoms with Crippen LogP contribution in [0.4, 0.5) is 26.4 Å². The molecule has 0 aliphatic heterocycles. The molecule has 2 rings (SSSR count). The maximum absolute atomic E-state index is 13.7. The monoisotopic (exact) mass is 358 g/mol. The molecule has 10 heteroatoms. The van der Waals surface area contributed by atoms with Gasteiger partial charge in [0.25, 0.3) is 0 Å². The van der Waals surface area contributed by atoms with Gasteiger partial charge < -0.3 is 21.1 Å². The first kappa shape index (κ1) is 18.1. The number of rotatable bonds is 8. The predicted octanol–water partition coefficient (Wildman–Crippen LogP) is 2.12. The normalized spacial score (nSPS) is 11.9. The fourth-order valence-corrected chi connectivity index (χ4v) is 2.12. The quantitative estimate of drug-likeness (QED) is 0.574. The molecule has 7 nitrogen and oxygen atoms in total. The van der Waals surface area contributed by atoms with Gasteiger partial charge in [0.1, 0.15) is 0 Å². The molecule has 0 bridgehead atoms. The third-order valence-corrected chi connectivity index (χ3v) is 3.30. The Balaban J connectivity index is 2.06. The number of aliphatic hydroxyl groups excluding tert-OH is 1. The summed E-state index contributed by atoms with van der Waals surface area (Å²) in [5.74, 6) is -1.40. The van der Waals surface area contributed by atoms with Crippen molar-refractivity contribution in [2.45, 2.75) is 12.5 Å². The summed E-state index contributed by atoms with van der Waals surface area (Å²) in [6.45, 7) is 0.0990. The van der Waals surface area contributed by atoms with Crippen LogP contribution in [0.5, 0.6) is 0 Å². The lowest BCUT2D eigenvalue weighted by molar-refractivity contribution is 0.280. The summed E-state index contributed by atoms with van der Waals surface area (Å²) in [4.78, 5) is 11.9. The third-order valence-electron chi connectivity index (χ3n) is 3.13. The maximum Gasteiger partial charge on any atom is 0.229 e. The van der Waals surface area contributed by atoms with E-state index >= 15 is 0 Å². The minimum atomic E-state index is -0.957. The highest BCUT2D eigenvalue weighted by atomic mass is 35.5. The molecular weight excluding hydrogens is 342 g/mol. The van der Waals surface area contributed by atoms with Crippen LogP contribution < -0.4 is 16.0 Å². The zero-order chi connectivity index (χ0) is 17.5. The summed E-state index contributed by atoms with van der Waals surface area (Å²) in [5, 5.41) is 17.7. The lowest BCUT2D eigenvalue weighted by Gasteiger charge is -2.19. The number of aromatic nitrogens is 3. The van der Waals surface area contributed by atoms with Crippen molar-refractivity contribution in [1.82, 2.24) is 15.0 Å². The molecule has 1 atom stereocenters. The standard InChI is InChI=1S/C14H17ClF2N6O/c1-18-13-21-12(15)22-14(23-13)20-8(5-6-24)7-19-10-4-2-3-9(16)11(10)17/h2-4,8,19,24H,5-7H2,1H3,(H2,18,20,21,22,23). The van der Waals surface area contributed by atoms with Crippen molar-refractivity contribution in [1.29, 1.82) is 0 Å². The highest BCUT2D eigenvalue weighted by Crippen LogP contribution is 2.17. The highest BCUT2D eigenvalue weighted by Gasteiger charge is 2.14. The molecule has 2 aromatic rings. The van der Waals surface area contributed by atoms with E-state index in [1.54, 1.807) is 7.05 Å². The van der Waals surface area contributed by atoms with Crippen LogP contribution in [0.1, 0.15) is 6.42 Å². The molecule has 0 amide bonds. The molecule has 4 N–H and O–H groups in total. The first-order valence-corrected chi connectivity index (χ1v) is 7.56. The fourth-order valence-electron chi connectivity index (χ4n) is 1.96. The van der Waals surface area contributed by atoms with Crippen LogP contribution in [0.3, 0.4) is 0 Å². The summed E-state index contributed by atoms with van der Waals surface area (Å²) in [6.07, 6.45) is 0.335. The van der Waals surface area contributed by atoms with E-state index in [0.717, 1.165) is 6.07 Å². The molecular formula is C14H17ClF2N6O. The highest BCUT2D eigenvalue weighted by molar-refractivity contribution is 6.28. The second-order valence-corrected chi connectivity index (χ2v) is 5.18. The zero-order valence-corrected chi connectivity index (χ0v) is 13.6. The van der Waals surface area contributed by atoms with Gasteiger partial charge in [-0.25, -0.2) is 8.78 Å². The Morgan fingerprint density at radius 3 is 2.67 bits per heavy atom. The Kier molecular flexibility index (Phi) is 6.44. The molecule has 1 unspecified atom stereocenters. The average molecular weight is 359 g/mol. The topological polar surface area (TPSA) is 95.0 Å². The van der Waals surface area contributed by atoms with E-state index < -0.39 is 11.6 Å². The van der Waals surface area contributed by atoms with Crippen LogP contribution in [-0.2, 0) is 0 Å². The van der Waals surface area contributed by atoms with Gasteiger partial charge in [-0.3, -0.25) is 0 Å². The first-order valence-electron chi connectivity index (χ1n) is 7.18. The van der Waals surface area contributed by atoms with Crippen LogP contribution >= 0.6 is 11.6 Å². The number of anilines is 3. The lowest BCUT2D eigenvalue weighted by Crippen LogP contribution is -2.30. The summed E-state index contributed by atoms with van der Waals surface area (Å²) in [7, 11) is 1.63. The zero-order valence-electron chi connectivity index (χ0n) is 12.9. The van der Waals surface area contributed by atoms with Gasteiger partial charge in [0.2, 0.25) is 17.2 Å². The van der Waals surface area contributed by atoms with Crippen molar-refractivity contribution in [3.63, 3.8) is 0 Å². The van der Waals surface area contributed by atoms with E-state index in [2.05, 4.69) is 30.9 Å². The molecule has 0 spiro atoms. The number of aliphatic hydroxyl groups is 1. The molecule has 0 aliphatic carbocycles. The van der Waals surface area contributed by atoms with Crippen LogP contribution in [0.2, 0.25) is 5.28 Å². The van der Waals surface area contributed by atoms with Gasteiger partial charge in [-0.15, -0.1) is 0 Å². The third kappa shape index (κ3) is 4.87. The Morgan fingerprint density at radius 1 is 1.21 bits per heavy atom. The van der Waals surface area contributed by atoms with Crippen LogP contribution in [0, 0.1) is 11.6 Å². The van der Waals surface area contributed by atoms with Crippen molar-refractivity contribution in [2.75, 3.05) is 36.1 Å². The van der Waals surface area contributed by atoms with E-state index in [9.17, 15) is 13.9 Å². The van der Waals surface area contributed by atoms with Gasteiger partial charge in [0.15, 0.2) is 11.6 Å². The van der Waals surface area contributed by atoms with Crippen molar-refractivity contribution in [2.24, 2.45) is 0 Å². The average Bonchev–Trinajstić information content (AvgIpc) is 2.55. The van der Waals surface area contributed by atoms with Crippen molar-refractivity contribution in [3.05, 3.63) is 35.1 Å². The van der Waals surface area contributed by atoms with Gasteiger partial charge >= 0.3 is 0 Å². The van der Waals surface area contributed by atoms with Gasteiger partial charge in [-0.2, -0.15) is 15.0 Å². The Hall–Kier alpha value is -2.26. The smallest absolute Gasteiger partial charge is 0.229 e. The van der Waals surface area contributed by atoms with Gasteiger partial charge in [0, 0.05) is 26.2 Å². The number of benzene rings is 1. The Labute approximate surface area is 142 Å². The molecule has 1 aromatic carbocycles. The number of hydrogen-bond donors (Lipinski definition) is 4. The molecule has 24 heavy (non-hydrogen) atoms. The molecule has 1 heterocycles.